The van der Waals surface area contributed by atoms with Crippen LogP contribution < -0.4 is 0 Å². The van der Waals surface area contributed by atoms with E-state index in [1.54, 1.807) is 0 Å². The van der Waals surface area contributed by atoms with Gasteiger partial charge in [0, 0.05) is 47.4 Å². The highest BCUT2D eigenvalue weighted by atomic mass is 35.5. The van der Waals surface area contributed by atoms with Crippen molar-refractivity contribution in [3.8, 4) is 5.69 Å². The van der Waals surface area contributed by atoms with Crippen molar-refractivity contribution in [3.63, 3.8) is 0 Å². The average molecular weight is 502 g/mol. The molecule has 0 radical (unpaired) electrons. The van der Waals surface area contributed by atoms with Crippen molar-refractivity contribution in [3.05, 3.63) is 40.4 Å². The highest BCUT2D eigenvalue weighted by Crippen LogP contribution is 2.58. The summed E-state index contributed by atoms with van der Waals surface area (Å²) < 4.78 is 25.8. The molecule has 1 spiro atoms. The van der Waals surface area contributed by atoms with Crippen LogP contribution in [0.4, 0.5) is 0 Å². The topological polar surface area (TPSA) is 88.4 Å². The Morgan fingerprint density at radius 1 is 1.12 bits per heavy atom. The van der Waals surface area contributed by atoms with Crippen LogP contribution in [0.5, 0.6) is 0 Å². The maximum atomic E-state index is 12.6. The van der Waals surface area contributed by atoms with E-state index in [9.17, 15) is 13.2 Å². The minimum atomic E-state index is -2.92. The number of carbonyl (C=O) groups excluding carboxylic acids is 1. The Hall–Kier alpha value is -1.97. The van der Waals surface area contributed by atoms with Crippen LogP contribution in [0.15, 0.2) is 18.2 Å². The van der Waals surface area contributed by atoms with Crippen LogP contribution in [0.25, 0.3) is 5.69 Å². The molecule has 0 bridgehead atoms. The van der Waals surface area contributed by atoms with Crippen LogP contribution in [-0.4, -0.2) is 69.5 Å². The maximum Gasteiger partial charge on any atom is 0.228 e. The fraction of sp³-hybridized carbons (Fsp3) is 0.625. The van der Waals surface area contributed by atoms with Gasteiger partial charge in [-0.25, -0.2) is 8.42 Å². The van der Waals surface area contributed by atoms with Gasteiger partial charge in [-0.05, 0) is 49.4 Å². The Bertz CT molecular complexity index is 1310. The second-order valence-corrected chi connectivity index (χ2v) is 14.1. The maximum absolute atomic E-state index is 12.6. The summed E-state index contributed by atoms with van der Waals surface area (Å²) in [7, 11) is -2.92. The molecule has 1 aromatic heterocycles. The summed E-state index contributed by atoms with van der Waals surface area (Å²) in [6.07, 6.45) is 4.10. The molecule has 4 fully saturated rings. The fourth-order valence-electron chi connectivity index (χ4n) is 6.44. The van der Waals surface area contributed by atoms with Gasteiger partial charge in [-0.15, -0.1) is 10.2 Å². The van der Waals surface area contributed by atoms with Gasteiger partial charge in [0.25, 0.3) is 0 Å². The van der Waals surface area contributed by atoms with Crippen LogP contribution in [0.2, 0.25) is 5.02 Å². The van der Waals surface area contributed by atoms with Crippen LogP contribution in [0, 0.1) is 10.8 Å². The minimum absolute atomic E-state index is 0.00215. The molecule has 3 aliphatic heterocycles. The Labute approximate surface area is 204 Å². The van der Waals surface area contributed by atoms with Crippen molar-refractivity contribution in [2.45, 2.75) is 57.7 Å². The van der Waals surface area contributed by atoms with Gasteiger partial charge in [-0.2, -0.15) is 0 Å². The normalized spacial score (nSPS) is 26.6. The van der Waals surface area contributed by atoms with Gasteiger partial charge >= 0.3 is 0 Å². The predicted octanol–water partition coefficient (Wildman–Crippen LogP) is 2.54. The number of amides is 1. The third-order valence-corrected chi connectivity index (χ3v) is 10.8. The van der Waals surface area contributed by atoms with Gasteiger partial charge < -0.3 is 4.90 Å². The van der Waals surface area contributed by atoms with E-state index in [4.69, 9.17) is 11.6 Å². The predicted molar refractivity (Wildman–Crippen MR) is 126 cm³/mol. The number of hydrogen-bond donors (Lipinski definition) is 0. The summed E-state index contributed by atoms with van der Waals surface area (Å²) in [6.45, 7) is 5.03. The molecule has 0 N–H and O–H groups in total. The number of carbonyl (C=O) groups is 1. The third kappa shape index (κ3) is 3.19. The molecule has 180 valence electrons. The SMILES string of the molecule is CC1(C(=O)N2CC3(CC(c4nnc5n4-c4ccc(Cl)cc4CN(C4CS(=O)(=O)C4)C5)C3)C2)CC1. The van der Waals surface area contributed by atoms with Gasteiger partial charge in [0.1, 0.15) is 5.82 Å². The monoisotopic (exact) mass is 501 g/mol. The molecule has 1 amide bonds. The van der Waals surface area contributed by atoms with E-state index in [-0.39, 0.29) is 28.4 Å². The molecule has 0 unspecified atom stereocenters. The van der Waals surface area contributed by atoms with Crippen molar-refractivity contribution < 1.29 is 13.2 Å². The molecule has 2 saturated carbocycles. The zero-order valence-electron chi connectivity index (χ0n) is 19.2. The van der Waals surface area contributed by atoms with Gasteiger partial charge in [-0.3, -0.25) is 14.3 Å². The highest BCUT2D eigenvalue weighted by molar-refractivity contribution is 7.92. The van der Waals surface area contributed by atoms with Crippen molar-refractivity contribution in [2.24, 2.45) is 10.8 Å². The largest absolute Gasteiger partial charge is 0.341 e. The van der Waals surface area contributed by atoms with E-state index in [1.165, 1.54) is 0 Å². The summed E-state index contributed by atoms with van der Waals surface area (Å²) in [6, 6.07) is 5.91. The zero-order chi connectivity index (χ0) is 23.5. The first kappa shape index (κ1) is 21.3. The molecule has 7 rings (SSSR count). The summed E-state index contributed by atoms with van der Waals surface area (Å²) in [5, 5.41) is 9.87. The molecule has 5 aliphatic rings. The fourth-order valence-corrected chi connectivity index (χ4v) is 8.13. The summed E-state index contributed by atoms with van der Waals surface area (Å²) in [4.78, 5) is 16.9. The van der Waals surface area contributed by atoms with Gasteiger partial charge in [-0.1, -0.05) is 18.5 Å². The summed E-state index contributed by atoms with van der Waals surface area (Å²) in [5.74, 6) is 2.88. The number of benzene rings is 1. The van der Waals surface area contributed by atoms with Crippen molar-refractivity contribution in [1.82, 2.24) is 24.6 Å². The average Bonchev–Trinajstić information content (AvgIpc) is 3.37. The molecule has 2 saturated heterocycles. The summed E-state index contributed by atoms with van der Waals surface area (Å²) in [5.41, 5.74) is 2.25. The van der Waals surface area contributed by atoms with E-state index in [0.29, 0.717) is 29.9 Å². The Balaban J connectivity index is 1.14. The van der Waals surface area contributed by atoms with E-state index < -0.39 is 9.84 Å². The van der Waals surface area contributed by atoms with Crippen molar-refractivity contribution in [2.75, 3.05) is 24.6 Å². The lowest BCUT2D eigenvalue weighted by Gasteiger charge is -2.59. The van der Waals surface area contributed by atoms with Crippen LogP contribution in [-0.2, 0) is 27.7 Å². The molecule has 34 heavy (non-hydrogen) atoms. The van der Waals surface area contributed by atoms with Crippen molar-refractivity contribution in [1.29, 1.82) is 0 Å². The van der Waals surface area contributed by atoms with E-state index in [1.807, 2.05) is 18.2 Å². The third-order valence-electron chi connectivity index (χ3n) is 8.74. The van der Waals surface area contributed by atoms with E-state index >= 15 is 0 Å². The van der Waals surface area contributed by atoms with E-state index in [2.05, 4.69) is 31.5 Å². The number of rotatable bonds is 3. The zero-order valence-corrected chi connectivity index (χ0v) is 20.8. The van der Waals surface area contributed by atoms with Gasteiger partial charge in [0.05, 0.1) is 23.7 Å². The second-order valence-electron chi connectivity index (χ2n) is 11.5. The molecule has 4 heterocycles. The minimum Gasteiger partial charge on any atom is -0.341 e. The Morgan fingerprint density at radius 3 is 2.53 bits per heavy atom. The van der Waals surface area contributed by atoms with Gasteiger partial charge in [0.2, 0.25) is 5.91 Å². The highest BCUT2D eigenvalue weighted by Gasteiger charge is 2.58. The number of halogens is 1. The van der Waals surface area contributed by atoms with Crippen molar-refractivity contribution >= 4 is 27.3 Å². The Morgan fingerprint density at radius 2 is 1.85 bits per heavy atom. The van der Waals surface area contributed by atoms with Crippen LogP contribution in [0.1, 0.15) is 55.7 Å². The number of sulfone groups is 1. The quantitative estimate of drug-likeness (QED) is 0.642. The molecule has 8 nitrogen and oxygen atoms in total. The number of hydrogen-bond acceptors (Lipinski definition) is 6. The Kier molecular flexibility index (Phi) is 4.28. The lowest BCUT2D eigenvalue weighted by atomic mass is 9.57. The number of nitrogens with zero attached hydrogens (tertiary/aromatic N) is 5. The molecule has 10 heteroatoms. The van der Waals surface area contributed by atoms with Gasteiger partial charge in [0.15, 0.2) is 15.7 Å². The lowest BCUT2D eigenvalue weighted by Crippen LogP contribution is -2.64. The smallest absolute Gasteiger partial charge is 0.228 e. The number of likely N-dealkylation sites (tertiary alicyclic amines) is 1. The standard InChI is InChI=1S/C24H28ClN5O3S/c1-23(4-5-23)22(31)29-13-24(14-29)7-16(8-24)21-27-26-20-10-28(18-11-34(32,33)12-18)9-15-6-17(25)2-3-19(15)30(20)21/h2-3,6,16,18H,4-5,7-14H2,1H3. The molecule has 2 aliphatic carbocycles. The first-order valence-electron chi connectivity index (χ1n) is 12.1. The van der Waals surface area contributed by atoms with Crippen LogP contribution >= 0.6 is 11.6 Å². The van der Waals surface area contributed by atoms with Crippen LogP contribution in [0.3, 0.4) is 0 Å². The first-order chi connectivity index (χ1) is 16.1. The molecule has 0 atom stereocenters. The summed E-state index contributed by atoms with van der Waals surface area (Å²) >= 11 is 6.34. The molecule has 2 aromatic rings. The molecular formula is C24H28ClN5O3S. The second kappa shape index (κ2) is 6.83. The van der Waals surface area contributed by atoms with E-state index in [0.717, 1.165) is 61.7 Å². The number of aromatic nitrogens is 3. The first-order valence-corrected chi connectivity index (χ1v) is 14.3. The molecule has 1 aromatic carbocycles. The number of fused-ring (bicyclic) bond motifs is 3. The lowest BCUT2D eigenvalue weighted by molar-refractivity contribution is -0.157. The molecular weight excluding hydrogens is 474 g/mol.